The summed E-state index contributed by atoms with van der Waals surface area (Å²) in [6, 6.07) is 20.1. The Morgan fingerprint density at radius 2 is 1.64 bits per heavy atom. The molecule has 1 amide bonds. The van der Waals surface area contributed by atoms with Crippen molar-refractivity contribution in [3.63, 3.8) is 0 Å². The van der Waals surface area contributed by atoms with E-state index in [1.165, 1.54) is 5.56 Å². The molecule has 0 aliphatic rings. The van der Waals surface area contributed by atoms with Crippen LogP contribution in [-0.2, 0) is 22.5 Å². The number of ether oxygens (including phenoxy) is 1. The van der Waals surface area contributed by atoms with Gasteiger partial charge in [-0.05, 0) is 17.5 Å². The van der Waals surface area contributed by atoms with E-state index in [4.69, 9.17) is 9.84 Å². The first kappa shape index (κ1) is 19.1. The van der Waals surface area contributed by atoms with Gasteiger partial charge in [0.1, 0.15) is 6.79 Å². The highest BCUT2D eigenvalue weighted by Gasteiger charge is 2.11. The molecule has 134 valence electrons. The van der Waals surface area contributed by atoms with Crippen LogP contribution < -0.4 is 5.32 Å². The molecule has 0 saturated heterocycles. The van der Waals surface area contributed by atoms with E-state index in [0.29, 0.717) is 32.8 Å². The molecule has 0 fully saturated rings. The van der Waals surface area contributed by atoms with E-state index in [1.807, 2.05) is 53.4 Å². The van der Waals surface area contributed by atoms with Crippen molar-refractivity contribution >= 4 is 5.91 Å². The topological polar surface area (TPSA) is 61.8 Å². The number of amides is 1. The van der Waals surface area contributed by atoms with Crippen LogP contribution in [0.1, 0.15) is 11.1 Å². The van der Waals surface area contributed by atoms with Gasteiger partial charge in [-0.2, -0.15) is 0 Å². The van der Waals surface area contributed by atoms with Gasteiger partial charge >= 0.3 is 0 Å². The number of carbonyl (C=O) groups is 1. The highest BCUT2D eigenvalue weighted by Crippen LogP contribution is 2.04. The molecule has 5 heteroatoms. The minimum atomic E-state index is -0.303. The Kier molecular flexibility index (Phi) is 8.69. The average molecular weight is 342 g/mol. The Morgan fingerprint density at radius 1 is 1.00 bits per heavy atom. The molecule has 25 heavy (non-hydrogen) atoms. The Labute approximate surface area is 149 Å². The molecule has 0 spiro atoms. The number of hydrogen-bond acceptors (Lipinski definition) is 4. The quantitative estimate of drug-likeness (QED) is 0.483. The average Bonchev–Trinajstić information content (AvgIpc) is 2.63. The summed E-state index contributed by atoms with van der Waals surface area (Å²) in [5.41, 5.74) is 2.35. The van der Waals surface area contributed by atoms with Gasteiger partial charge in [0, 0.05) is 19.6 Å². The minimum absolute atomic E-state index is 0.00383. The summed E-state index contributed by atoms with van der Waals surface area (Å²) in [5.74, 6) is -0.00383. The standard InChI is InChI=1S/C20H26N2O3/c23-17-25-14-13-22(15-19-9-5-2-6-10-19)16-20(24)21-12-11-18-7-3-1-4-8-18/h1-10,23H,11-17H2,(H,21,24). The Hall–Kier alpha value is -2.21. The summed E-state index contributed by atoms with van der Waals surface area (Å²) in [5, 5.41) is 11.7. The van der Waals surface area contributed by atoms with E-state index in [9.17, 15) is 4.79 Å². The predicted octanol–water partition coefficient (Wildman–Crippen LogP) is 1.81. The van der Waals surface area contributed by atoms with E-state index in [-0.39, 0.29) is 12.7 Å². The van der Waals surface area contributed by atoms with Crippen molar-refractivity contribution in [2.45, 2.75) is 13.0 Å². The van der Waals surface area contributed by atoms with Gasteiger partial charge in [-0.1, -0.05) is 60.7 Å². The van der Waals surface area contributed by atoms with E-state index < -0.39 is 0 Å². The van der Waals surface area contributed by atoms with Crippen molar-refractivity contribution in [1.29, 1.82) is 0 Å². The van der Waals surface area contributed by atoms with Gasteiger partial charge in [-0.3, -0.25) is 9.69 Å². The summed E-state index contributed by atoms with van der Waals surface area (Å²) in [6.07, 6.45) is 0.818. The molecule has 2 rings (SSSR count). The molecule has 5 nitrogen and oxygen atoms in total. The zero-order valence-electron chi connectivity index (χ0n) is 14.4. The van der Waals surface area contributed by atoms with Gasteiger partial charge in [0.15, 0.2) is 0 Å². The third-order valence-electron chi connectivity index (χ3n) is 3.84. The van der Waals surface area contributed by atoms with E-state index in [0.717, 1.165) is 12.0 Å². The first-order valence-corrected chi connectivity index (χ1v) is 8.53. The van der Waals surface area contributed by atoms with Gasteiger partial charge in [0.05, 0.1) is 13.2 Å². The summed E-state index contributed by atoms with van der Waals surface area (Å²) in [4.78, 5) is 14.2. The molecular weight excluding hydrogens is 316 g/mol. The lowest BCUT2D eigenvalue weighted by Crippen LogP contribution is -2.39. The molecule has 0 saturated carbocycles. The monoisotopic (exact) mass is 342 g/mol. The first-order chi connectivity index (χ1) is 12.3. The molecule has 0 radical (unpaired) electrons. The van der Waals surface area contributed by atoms with Crippen LogP contribution in [-0.4, -0.2) is 48.9 Å². The number of carbonyl (C=O) groups excluding carboxylic acids is 1. The van der Waals surface area contributed by atoms with Crippen LogP contribution in [0.5, 0.6) is 0 Å². The zero-order valence-corrected chi connectivity index (χ0v) is 14.4. The predicted molar refractivity (Wildman–Crippen MR) is 97.9 cm³/mol. The highest BCUT2D eigenvalue weighted by molar-refractivity contribution is 5.78. The summed E-state index contributed by atoms with van der Waals surface area (Å²) in [6.45, 7) is 2.26. The highest BCUT2D eigenvalue weighted by atomic mass is 16.6. The maximum absolute atomic E-state index is 12.2. The molecule has 0 bridgehead atoms. The molecular formula is C20H26N2O3. The Balaban J connectivity index is 1.78. The number of hydrogen-bond donors (Lipinski definition) is 2. The fourth-order valence-corrected chi connectivity index (χ4v) is 2.56. The number of nitrogens with zero attached hydrogens (tertiary/aromatic N) is 1. The van der Waals surface area contributed by atoms with Gasteiger partial charge in [0.2, 0.25) is 5.91 Å². The van der Waals surface area contributed by atoms with Gasteiger partial charge in [0.25, 0.3) is 0 Å². The van der Waals surface area contributed by atoms with Crippen LogP contribution >= 0.6 is 0 Å². The molecule has 0 aliphatic heterocycles. The van der Waals surface area contributed by atoms with Gasteiger partial charge in [-0.25, -0.2) is 0 Å². The SMILES string of the molecule is O=C(CN(CCOCO)Cc1ccccc1)NCCc1ccccc1. The molecule has 2 N–H and O–H groups in total. The summed E-state index contributed by atoms with van der Waals surface area (Å²) < 4.78 is 5.00. The third kappa shape index (κ3) is 7.94. The smallest absolute Gasteiger partial charge is 0.234 e. The number of rotatable bonds is 11. The lowest BCUT2D eigenvalue weighted by Gasteiger charge is -2.21. The van der Waals surface area contributed by atoms with Crippen molar-refractivity contribution < 1.29 is 14.6 Å². The van der Waals surface area contributed by atoms with E-state index in [2.05, 4.69) is 17.4 Å². The summed E-state index contributed by atoms with van der Waals surface area (Å²) >= 11 is 0. The molecule has 0 unspecified atom stereocenters. The van der Waals surface area contributed by atoms with Crippen LogP contribution in [0, 0.1) is 0 Å². The molecule has 2 aromatic rings. The second-order valence-corrected chi connectivity index (χ2v) is 5.82. The molecule has 0 aliphatic carbocycles. The summed E-state index contributed by atoms with van der Waals surface area (Å²) in [7, 11) is 0. The molecule has 0 heterocycles. The fraction of sp³-hybridized carbons (Fsp3) is 0.350. The van der Waals surface area contributed by atoms with E-state index >= 15 is 0 Å². The van der Waals surface area contributed by atoms with E-state index in [1.54, 1.807) is 0 Å². The Bertz CT molecular complexity index is 605. The molecule has 0 atom stereocenters. The van der Waals surface area contributed by atoms with Crippen molar-refractivity contribution in [1.82, 2.24) is 10.2 Å². The number of aliphatic hydroxyl groups is 1. The zero-order chi connectivity index (χ0) is 17.7. The molecule has 2 aromatic carbocycles. The van der Waals surface area contributed by atoms with Crippen molar-refractivity contribution in [3.8, 4) is 0 Å². The fourth-order valence-electron chi connectivity index (χ4n) is 2.56. The lowest BCUT2D eigenvalue weighted by atomic mass is 10.1. The third-order valence-corrected chi connectivity index (χ3v) is 3.84. The maximum atomic E-state index is 12.2. The van der Waals surface area contributed by atoms with Crippen LogP contribution in [0.3, 0.4) is 0 Å². The van der Waals surface area contributed by atoms with Crippen molar-refractivity contribution in [2.75, 3.05) is 33.0 Å². The van der Waals surface area contributed by atoms with Gasteiger partial charge < -0.3 is 15.2 Å². The first-order valence-electron chi connectivity index (χ1n) is 8.53. The number of nitrogens with one attached hydrogen (secondary N) is 1. The van der Waals surface area contributed by atoms with Crippen molar-refractivity contribution in [2.24, 2.45) is 0 Å². The second-order valence-electron chi connectivity index (χ2n) is 5.82. The van der Waals surface area contributed by atoms with Crippen LogP contribution in [0.2, 0.25) is 0 Å². The number of aliphatic hydroxyl groups excluding tert-OH is 1. The maximum Gasteiger partial charge on any atom is 0.234 e. The lowest BCUT2D eigenvalue weighted by molar-refractivity contribution is -0.122. The van der Waals surface area contributed by atoms with Crippen LogP contribution in [0.4, 0.5) is 0 Å². The van der Waals surface area contributed by atoms with Crippen LogP contribution in [0.15, 0.2) is 60.7 Å². The van der Waals surface area contributed by atoms with Gasteiger partial charge in [-0.15, -0.1) is 0 Å². The normalized spacial score (nSPS) is 10.8. The Morgan fingerprint density at radius 3 is 2.28 bits per heavy atom. The van der Waals surface area contributed by atoms with Crippen LogP contribution in [0.25, 0.3) is 0 Å². The number of benzene rings is 2. The molecule has 0 aromatic heterocycles. The second kappa shape index (κ2) is 11.4. The minimum Gasteiger partial charge on any atom is -0.371 e. The largest absolute Gasteiger partial charge is 0.371 e. The van der Waals surface area contributed by atoms with Crippen molar-refractivity contribution in [3.05, 3.63) is 71.8 Å².